The Balaban J connectivity index is 2.40. The van der Waals surface area contributed by atoms with Crippen molar-refractivity contribution in [3.05, 3.63) is 29.8 Å². The average molecular weight is 354 g/mol. The van der Waals surface area contributed by atoms with Crippen LogP contribution in [-0.2, 0) is 10.0 Å². The molecule has 1 aromatic carbocycles. The second kappa shape index (κ2) is 5.85. The van der Waals surface area contributed by atoms with Crippen LogP contribution in [0.5, 0.6) is 0 Å². The van der Waals surface area contributed by atoms with Gasteiger partial charge in [-0.1, -0.05) is 22.4 Å². The Morgan fingerprint density at radius 2 is 2.00 bits per heavy atom. The molecule has 19 heavy (non-hydrogen) atoms. The SMILES string of the molecule is O=S(=O)(c1cc(F)ccc1F)N(CCBr)C1CCC1. The number of halogens is 3. The van der Waals surface area contributed by atoms with E-state index in [-0.39, 0.29) is 12.6 Å². The van der Waals surface area contributed by atoms with Crippen molar-refractivity contribution in [2.75, 3.05) is 11.9 Å². The Labute approximate surface area is 119 Å². The molecule has 0 atom stereocenters. The second-order valence-corrected chi connectivity index (χ2v) is 7.12. The maximum absolute atomic E-state index is 13.7. The van der Waals surface area contributed by atoms with Gasteiger partial charge in [0.2, 0.25) is 10.0 Å². The van der Waals surface area contributed by atoms with Crippen molar-refractivity contribution in [1.29, 1.82) is 0 Å². The highest BCUT2D eigenvalue weighted by Crippen LogP contribution is 2.31. The van der Waals surface area contributed by atoms with Gasteiger partial charge in [-0.05, 0) is 31.0 Å². The lowest BCUT2D eigenvalue weighted by Gasteiger charge is -2.36. The maximum atomic E-state index is 13.7. The fraction of sp³-hybridized carbons (Fsp3) is 0.500. The van der Waals surface area contributed by atoms with Gasteiger partial charge < -0.3 is 0 Å². The van der Waals surface area contributed by atoms with E-state index in [4.69, 9.17) is 0 Å². The number of rotatable bonds is 5. The fourth-order valence-electron chi connectivity index (χ4n) is 2.06. The summed E-state index contributed by atoms with van der Waals surface area (Å²) in [5.74, 6) is -1.67. The molecule has 2 rings (SSSR count). The van der Waals surface area contributed by atoms with Gasteiger partial charge in [0, 0.05) is 17.9 Å². The molecule has 1 fully saturated rings. The van der Waals surface area contributed by atoms with Gasteiger partial charge in [-0.3, -0.25) is 0 Å². The highest BCUT2D eigenvalue weighted by Gasteiger charge is 2.35. The summed E-state index contributed by atoms with van der Waals surface area (Å²) in [5.41, 5.74) is 0. The summed E-state index contributed by atoms with van der Waals surface area (Å²) in [5, 5.41) is 0.458. The molecular formula is C12H14BrF2NO2S. The molecule has 0 aliphatic heterocycles. The summed E-state index contributed by atoms with van der Waals surface area (Å²) in [6.07, 6.45) is 2.50. The molecule has 1 aromatic rings. The van der Waals surface area contributed by atoms with E-state index < -0.39 is 26.6 Å². The summed E-state index contributed by atoms with van der Waals surface area (Å²) >= 11 is 3.20. The van der Waals surface area contributed by atoms with E-state index in [2.05, 4.69) is 15.9 Å². The van der Waals surface area contributed by atoms with Crippen LogP contribution < -0.4 is 0 Å². The van der Waals surface area contributed by atoms with Crippen molar-refractivity contribution in [3.8, 4) is 0 Å². The molecule has 1 aliphatic rings. The van der Waals surface area contributed by atoms with Crippen LogP contribution in [0.2, 0.25) is 0 Å². The highest BCUT2D eigenvalue weighted by molar-refractivity contribution is 9.09. The van der Waals surface area contributed by atoms with Crippen molar-refractivity contribution in [1.82, 2.24) is 4.31 Å². The molecule has 0 radical (unpaired) electrons. The van der Waals surface area contributed by atoms with E-state index >= 15 is 0 Å². The Bertz CT molecular complexity index is 561. The first kappa shape index (κ1) is 14.9. The Morgan fingerprint density at radius 1 is 1.32 bits per heavy atom. The van der Waals surface area contributed by atoms with Gasteiger partial charge in [-0.2, -0.15) is 4.31 Å². The van der Waals surface area contributed by atoms with Crippen LogP contribution in [-0.4, -0.2) is 30.6 Å². The van der Waals surface area contributed by atoms with E-state index in [9.17, 15) is 17.2 Å². The largest absolute Gasteiger partial charge is 0.246 e. The zero-order valence-electron chi connectivity index (χ0n) is 10.2. The maximum Gasteiger partial charge on any atom is 0.246 e. The third-order valence-corrected chi connectivity index (χ3v) is 5.59. The van der Waals surface area contributed by atoms with Crippen LogP contribution in [0.15, 0.2) is 23.1 Å². The highest BCUT2D eigenvalue weighted by atomic mass is 79.9. The van der Waals surface area contributed by atoms with E-state index in [1.165, 1.54) is 4.31 Å². The zero-order valence-corrected chi connectivity index (χ0v) is 12.6. The third-order valence-electron chi connectivity index (χ3n) is 3.27. The Morgan fingerprint density at radius 3 is 2.53 bits per heavy atom. The lowest BCUT2D eigenvalue weighted by molar-refractivity contribution is 0.227. The molecular weight excluding hydrogens is 340 g/mol. The lowest BCUT2D eigenvalue weighted by atomic mass is 9.93. The average Bonchev–Trinajstić information content (AvgIpc) is 2.29. The normalized spacial score (nSPS) is 16.6. The van der Waals surface area contributed by atoms with Gasteiger partial charge >= 0.3 is 0 Å². The van der Waals surface area contributed by atoms with Crippen LogP contribution in [0.1, 0.15) is 19.3 Å². The van der Waals surface area contributed by atoms with Gasteiger partial charge in [0.15, 0.2) is 0 Å². The van der Waals surface area contributed by atoms with Gasteiger partial charge in [-0.25, -0.2) is 17.2 Å². The van der Waals surface area contributed by atoms with Crippen molar-refractivity contribution in [3.63, 3.8) is 0 Å². The summed E-state index contributed by atoms with van der Waals surface area (Å²) < 4.78 is 53.0. The van der Waals surface area contributed by atoms with Crippen LogP contribution in [0.3, 0.4) is 0 Å². The molecule has 0 spiro atoms. The lowest BCUT2D eigenvalue weighted by Crippen LogP contribution is -2.45. The van der Waals surface area contributed by atoms with Gasteiger partial charge in [0.1, 0.15) is 16.5 Å². The minimum Gasteiger partial charge on any atom is -0.207 e. The quantitative estimate of drug-likeness (QED) is 0.763. The number of nitrogens with zero attached hydrogens (tertiary/aromatic N) is 1. The molecule has 106 valence electrons. The van der Waals surface area contributed by atoms with Gasteiger partial charge in [0.05, 0.1) is 0 Å². The standard InChI is InChI=1S/C12H14BrF2NO2S/c13-6-7-16(10-2-1-3-10)19(17,18)12-8-9(14)4-5-11(12)15/h4-5,8,10H,1-3,6-7H2. The fourth-order valence-corrected chi connectivity index (χ4v) is 4.44. The van der Waals surface area contributed by atoms with E-state index in [0.29, 0.717) is 5.33 Å². The molecule has 1 aliphatic carbocycles. The molecule has 1 saturated carbocycles. The number of alkyl halides is 1. The minimum atomic E-state index is -3.99. The second-order valence-electron chi connectivity index (χ2n) is 4.46. The molecule has 0 amide bonds. The molecule has 3 nitrogen and oxygen atoms in total. The van der Waals surface area contributed by atoms with Crippen molar-refractivity contribution in [2.45, 2.75) is 30.2 Å². The molecule has 0 saturated heterocycles. The van der Waals surface area contributed by atoms with Gasteiger partial charge in [-0.15, -0.1) is 0 Å². The predicted molar refractivity (Wildman–Crippen MR) is 71.7 cm³/mol. The molecule has 0 heterocycles. The van der Waals surface area contributed by atoms with E-state index in [1.807, 2.05) is 0 Å². The number of hydrogen-bond acceptors (Lipinski definition) is 2. The topological polar surface area (TPSA) is 37.4 Å². The number of hydrogen-bond donors (Lipinski definition) is 0. The summed E-state index contributed by atoms with van der Waals surface area (Å²) in [6.45, 7) is 0.253. The molecule has 0 bridgehead atoms. The third kappa shape index (κ3) is 2.98. The van der Waals surface area contributed by atoms with Crippen LogP contribution in [0.25, 0.3) is 0 Å². The predicted octanol–water partition coefficient (Wildman–Crippen LogP) is 2.90. The summed E-state index contributed by atoms with van der Waals surface area (Å²) in [7, 11) is -3.99. The molecule has 0 N–H and O–H groups in total. The monoisotopic (exact) mass is 353 g/mol. The summed E-state index contributed by atoms with van der Waals surface area (Å²) in [4.78, 5) is -0.583. The summed E-state index contributed by atoms with van der Waals surface area (Å²) in [6, 6.07) is 2.39. The Kier molecular flexibility index (Phi) is 4.58. The molecule has 0 unspecified atom stereocenters. The van der Waals surface area contributed by atoms with Crippen LogP contribution >= 0.6 is 15.9 Å². The first-order valence-electron chi connectivity index (χ1n) is 5.99. The zero-order chi connectivity index (χ0) is 14.0. The first-order chi connectivity index (χ1) is 8.96. The van der Waals surface area contributed by atoms with Crippen molar-refractivity contribution >= 4 is 26.0 Å². The number of sulfonamides is 1. The Hall–Kier alpha value is -0.530. The van der Waals surface area contributed by atoms with Crippen molar-refractivity contribution in [2.24, 2.45) is 0 Å². The van der Waals surface area contributed by atoms with Gasteiger partial charge in [0.25, 0.3) is 0 Å². The smallest absolute Gasteiger partial charge is 0.207 e. The first-order valence-corrected chi connectivity index (χ1v) is 8.56. The van der Waals surface area contributed by atoms with Crippen molar-refractivity contribution < 1.29 is 17.2 Å². The molecule has 7 heteroatoms. The van der Waals surface area contributed by atoms with Crippen LogP contribution in [0.4, 0.5) is 8.78 Å². The minimum absolute atomic E-state index is 0.106. The van der Waals surface area contributed by atoms with E-state index in [0.717, 1.165) is 37.5 Å². The molecule has 0 aromatic heterocycles. The van der Waals surface area contributed by atoms with E-state index in [1.54, 1.807) is 0 Å². The van der Waals surface area contributed by atoms with Crippen LogP contribution in [0, 0.1) is 11.6 Å². The number of benzene rings is 1.